The first-order chi connectivity index (χ1) is 10.9. The predicted octanol–water partition coefficient (Wildman–Crippen LogP) is 2.37. The number of pyridine rings is 1. The number of hydrogen-bond acceptors (Lipinski definition) is 5. The molecule has 1 atom stereocenters. The highest BCUT2D eigenvalue weighted by atomic mass is 16.4. The Hall–Kier alpha value is -3.20. The molecule has 0 radical (unpaired) electrons. The first-order valence-corrected chi connectivity index (χ1v) is 6.30. The van der Waals surface area contributed by atoms with E-state index in [9.17, 15) is 14.7 Å². The fourth-order valence-electron chi connectivity index (χ4n) is 1.87. The van der Waals surface area contributed by atoms with Crippen LogP contribution in [0.25, 0.3) is 11.1 Å². The van der Waals surface area contributed by atoms with Gasteiger partial charge in [-0.2, -0.15) is 5.26 Å². The van der Waals surface area contributed by atoms with Crippen molar-refractivity contribution in [3.63, 3.8) is 0 Å². The van der Waals surface area contributed by atoms with Crippen LogP contribution >= 0.6 is 0 Å². The second kappa shape index (κ2) is 6.50. The normalized spacial score (nSPS) is 12.0. The van der Waals surface area contributed by atoms with Crippen molar-refractivity contribution in [2.75, 3.05) is 0 Å². The molecule has 1 aromatic heterocycles. The Morgan fingerprint density at radius 2 is 2.09 bits per heavy atom. The fourth-order valence-corrected chi connectivity index (χ4v) is 1.87. The highest BCUT2D eigenvalue weighted by Crippen LogP contribution is 2.26. The molecule has 0 bridgehead atoms. The maximum Gasteiger partial charge on any atom is 0.303 e. The molecule has 0 amide bonds. The average molecular weight is 297 g/mol. The number of carboxylic acids is 1. The zero-order valence-corrected chi connectivity index (χ0v) is 11.4. The lowest BCUT2D eigenvalue weighted by molar-refractivity contribution is -0.136. The second-order valence-corrected chi connectivity index (χ2v) is 4.45. The number of benzene rings is 1. The second-order valence-electron chi connectivity index (χ2n) is 4.45. The minimum absolute atomic E-state index is 0.274. The smallest absolute Gasteiger partial charge is 0.303 e. The number of aromatic hydroxyl groups is 1. The molecule has 2 rings (SSSR count). The number of rotatable bonds is 5. The van der Waals surface area contributed by atoms with E-state index in [-0.39, 0.29) is 5.69 Å². The summed E-state index contributed by atoms with van der Waals surface area (Å²) in [6.07, 6.45) is -0.821. The lowest BCUT2D eigenvalue weighted by atomic mass is 10.0. The topological polar surface area (TPSA) is 111 Å². The van der Waals surface area contributed by atoms with Crippen LogP contribution < -0.4 is 0 Å². The summed E-state index contributed by atoms with van der Waals surface area (Å²) in [6, 6.07) is 9.97. The third kappa shape index (κ3) is 3.46. The largest absolute Gasteiger partial charge is 0.506 e. The maximum absolute atomic E-state index is 11.9. The van der Waals surface area contributed by atoms with Crippen molar-refractivity contribution in [2.24, 2.45) is 0 Å². The van der Waals surface area contributed by atoms with Crippen LogP contribution in [0.2, 0.25) is 0 Å². The zero-order chi connectivity index (χ0) is 17.0. The molecule has 1 heterocycles. The summed E-state index contributed by atoms with van der Waals surface area (Å²) in [6.45, 7) is 0. The molecule has 6 heteroatoms. The zero-order valence-electron chi connectivity index (χ0n) is 12.4. The van der Waals surface area contributed by atoms with Crippen molar-refractivity contribution in [1.82, 2.24) is 4.98 Å². The number of carbonyl (C=O) groups excluding carboxylic acids is 1. The van der Waals surface area contributed by atoms with Gasteiger partial charge in [0.05, 0.1) is 18.0 Å². The van der Waals surface area contributed by atoms with Crippen LogP contribution in [0, 0.1) is 11.3 Å². The average Bonchev–Trinajstić information content (AvgIpc) is 2.54. The van der Waals surface area contributed by atoms with E-state index in [0.717, 1.165) is 0 Å². The molecule has 0 aliphatic carbocycles. The van der Waals surface area contributed by atoms with E-state index < -0.39 is 30.3 Å². The third-order valence-electron chi connectivity index (χ3n) is 2.92. The molecule has 110 valence electrons. The van der Waals surface area contributed by atoms with Gasteiger partial charge in [-0.25, -0.2) is 4.98 Å². The molecule has 2 N–H and O–H groups in total. The van der Waals surface area contributed by atoms with Crippen LogP contribution in [-0.2, 0) is 4.79 Å². The first-order valence-electron chi connectivity index (χ1n) is 6.88. The van der Waals surface area contributed by atoms with Crippen molar-refractivity contribution in [2.45, 2.75) is 12.8 Å². The Morgan fingerprint density at radius 3 is 2.73 bits per heavy atom. The van der Waals surface area contributed by atoms with Gasteiger partial charge in [0.1, 0.15) is 11.4 Å². The van der Waals surface area contributed by atoms with Gasteiger partial charge in [-0.1, -0.05) is 12.1 Å². The number of carboxylic acid groups (broad SMARTS) is 1. The molecule has 0 saturated heterocycles. The maximum atomic E-state index is 11.9. The molecule has 22 heavy (non-hydrogen) atoms. The Bertz CT molecular complexity index is 814. The number of nitrogens with zero attached hydrogens (tertiary/aromatic N) is 2. The summed E-state index contributed by atoms with van der Waals surface area (Å²) in [5.74, 6) is -2.53. The van der Waals surface area contributed by atoms with Gasteiger partial charge in [0.15, 0.2) is 5.78 Å². The molecule has 1 aromatic carbocycles. The molecular weight excluding hydrogens is 284 g/mol. The Balaban J connectivity index is 2.29. The third-order valence-corrected chi connectivity index (χ3v) is 2.92. The van der Waals surface area contributed by atoms with Crippen LogP contribution in [0.3, 0.4) is 0 Å². The van der Waals surface area contributed by atoms with E-state index in [0.29, 0.717) is 16.7 Å². The summed E-state index contributed by atoms with van der Waals surface area (Å²) in [5.41, 5.74) is 1.33. The fraction of sp³-hybridized carbons (Fsp3) is 0.125. The van der Waals surface area contributed by atoms with E-state index in [4.69, 9.17) is 11.7 Å². The molecule has 0 fully saturated rings. The number of carbonyl (C=O) groups is 2. The van der Waals surface area contributed by atoms with Gasteiger partial charge in [0, 0.05) is 19.6 Å². The van der Waals surface area contributed by atoms with E-state index in [2.05, 4.69) is 4.98 Å². The minimum atomic E-state index is -1.60. The predicted molar refractivity (Wildman–Crippen MR) is 77.3 cm³/mol. The first kappa shape index (κ1) is 13.8. The number of nitriles is 1. The standard InChI is InChI=1S/C16H12N2O4/c17-8-10-2-1-3-11(6-10)12-7-14(20)16(18-9-12)13(19)4-5-15(21)22/h1-3,6-7,9,20H,4-5H2,(H,21,22)/i5D. The van der Waals surface area contributed by atoms with Crippen molar-refractivity contribution < 1.29 is 21.2 Å². The van der Waals surface area contributed by atoms with Gasteiger partial charge < -0.3 is 10.2 Å². The van der Waals surface area contributed by atoms with Gasteiger partial charge >= 0.3 is 5.97 Å². The van der Waals surface area contributed by atoms with Gasteiger partial charge in [-0.3, -0.25) is 9.59 Å². The molecule has 0 aliphatic rings. The summed E-state index contributed by atoms with van der Waals surface area (Å²) in [7, 11) is 0. The highest BCUT2D eigenvalue weighted by Gasteiger charge is 2.15. The summed E-state index contributed by atoms with van der Waals surface area (Å²) < 4.78 is 7.24. The Labute approximate surface area is 127 Å². The number of Topliss-reactive ketones (excluding diaryl/α,β-unsaturated/α-hetero) is 1. The summed E-state index contributed by atoms with van der Waals surface area (Å²) in [4.78, 5) is 26.3. The van der Waals surface area contributed by atoms with E-state index in [1.54, 1.807) is 24.3 Å². The van der Waals surface area contributed by atoms with E-state index >= 15 is 0 Å². The number of aromatic nitrogens is 1. The van der Waals surface area contributed by atoms with Crippen LogP contribution in [0.5, 0.6) is 5.75 Å². The van der Waals surface area contributed by atoms with Crippen LogP contribution in [-0.4, -0.2) is 26.9 Å². The van der Waals surface area contributed by atoms with Gasteiger partial charge in [0.25, 0.3) is 0 Å². The van der Waals surface area contributed by atoms with Crippen LogP contribution in [0.1, 0.15) is 30.2 Å². The van der Waals surface area contributed by atoms with E-state index in [1.165, 1.54) is 12.3 Å². The Kier molecular flexibility index (Phi) is 4.07. The number of hydrogen-bond donors (Lipinski definition) is 2. The number of ketones is 1. The van der Waals surface area contributed by atoms with Crippen LogP contribution in [0.4, 0.5) is 0 Å². The van der Waals surface area contributed by atoms with Gasteiger partial charge in [-0.05, 0) is 23.8 Å². The lowest BCUT2D eigenvalue weighted by Gasteiger charge is -2.06. The van der Waals surface area contributed by atoms with Crippen molar-refractivity contribution in [3.05, 3.63) is 47.8 Å². The van der Waals surface area contributed by atoms with Crippen LogP contribution in [0.15, 0.2) is 36.5 Å². The molecule has 6 nitrogen and oxygen atoms in total. The molecule has 2 aromatic rings. The quantitative estimate of drug-likeness (QED) is 0.819. The van der Waals surface area contributed by atoms with Crippen molar-refractivity contribution >= 4 is 11.8 Å². The molecular formula is C16H12N2O4. The van der Waals surface area contributed by atoms with Gasteiger partial charge in [-0.15, -0.1) is 0 Å². The molecule has 0 spiro atoms. The monoisotopic (exact) mass is 297 g/mol. The number of aliphatic carboxylic acids is 1. The summed E-state index contributed by atoms with van der Waals surface area (Å²) >= 11 is 0. The molecule has 0 aliphatic heterocycles. The van der Waals surface area contributed by atoms with Crippen molar-refractivity contribution in [1.29, 1.82) is 5.26 Å². The van der Waals surface area contributed by atoms with E-state index in [1.807, 2.05) is 6.07 Å². The minimum Gasteiger partial charge on any atom is -0.506 e. The van der Waals surface area contributed by atoms with Gasteiger partial charge in [0.2, 0.25) is 0 Å². The Morgan fingerprint density at radius 1 is 1.32 bits per heavy atom. The molecule has 1 unspecified atom stereocenters. The lowest BCUT2D eigenvalue weighted by Crippen LogP contribution is -2.06. The SMILES string of the molecule is [2H]C(CC(=O)c1ncc(-c2cccc(C#N)c2)cc1O)C(=O)O. The highest BCUT2D eigenvalue weighted by molar-refractivity contribution is 5.98. The molecule has 0 saturated carbocycles. The summed E-state index contributed by atoms with van der Waals surface area (Å²) in [5, 5.41) is 27.5. The van der Waals surface area contributed by atoms with Crippen molar-refractivity contribution in [3.8, 4) is 22.9 Å².